The maximum Gasteiger partial charge on any atom is 0.321 e. The van der Waals surface area contributed by atoms with Gasteiger partial charge in [0.05, 0.1) is 17.7 Å². The zero-order valence-electron chi connectivity index (χ0n) is 13.2. The number of piperidine rings is 1. The molecule has 0 spiro atoms. The maximum absolute atomic E-state index is 13.4. The smallest absolute Gasteiger partial charge is 0.321 e. The minimum atomic E-state index is -0.895. The molecule has 1 aromatic rings. The van der Waals surface area contributed by atoms with Crippen LogP contribution in [0.25, 0.3) is 0 Å². The van der Waals surface area contributed by atoms with Crippen molar-refractivity contribution in [3.63, 3.8) is 0 Å². The highest BCUT2D eigenvalue weighted by molar-refractivity contribution is 5.91. The maximum atomic E-state index is 13.4. The van der Waals surface area contributed by atoms with Crippen molar-refractivity contribution in [3.8, 4) is 5.75 Å². The number of amides is 2. The molecule has 1 saturated heterocycles. The van der Waals surface area contributed by atoms with Gasteiger partial charge in [0.25, 0.3) is 0 Å². The average molecular weight is 324 g/mol. The van der Waals surface area contributed by atoms with Crippen molar-refractivity contribution in [2.75, 3.05) is 18.4 Å². The Balaban J connectivity index is 2.09. The lowest BCUT2D eigenvalue weighted by molar-refractivity contribution is -0.143. The number of ether oxygens (including phenoxy) is 1. The second-order valence-corrected chi connectivity index (χ2v) is 5.86. The van der Waals surface area contributed by atoms with Crippen molar-refractivity contribution in [1.82, 2.24) is 4.90 Å². The van der Waals surface area contributed by atoms with Gasteiger partial charge in [0.15, 0.2) is 0 Å². The van der Waals surface area contributed by atoms with E-state index in [0.717, 1.165) is 0 Å². The molecule has 6 nitrogen and oxygen atoms in total. The molecule has 2 amide bonds. The molecule has 1 atom stereocenters. The summed E-state index contributed by atoms with van der Waals surface area (Å²) in [7, 11) is 0. The van der Waals surface area contributed by atoms with Crippen LogP contribution in [0.5, 0.6) is 5.75 Å². The van der Waals surface area contributed by atoms with Crippen LogP contribution < -0.4 is 10.1 Å². The Kier molecular flexibility index (Phi) is 5.41. The number of carboxylic acid groups (broad SMARTS) is 1. The van der Waals surface area contributed by atoms with E-state index in [1.165, 1.54) is 23.1 Å². The van der Waals surface area contributed by atoms with Gasteiger partial charge in [0, 0.05) is 19.2 Å². The molecule has 0 radical (unpaired) electrons. The Labute approximate surface area is 134 Å². The number of carboxylic acids is 1. The number of urea groups is 1. The van der Waals surface area contributed by atoms with E-state index in [1.54, 1.807) is 13.8 Å². The Morgan fingerprint density at radius 1 is 1.43 bits per heavy atom. The first-order chi connectivity index (χ1) is 10.9. The molecule has 0 aliphatic carbocycles. The third-order valence-corrected chi connectivity index (χ3v) is 3.61. The van der Waals surface area contributed by atoms with Crippen LogP contribution in [0.15, 0.2) is 18.2 Å². The first-order valence-electron chi connectivity index (χ1n) is 7.61. The summed E-state index contributed by atoms with van der Waals surface area (Å²) in [5.41, 5.74) is 0.363. The zero-order valence-corrected chi connectivity index (χ0v) is 13.2. The number of hydrogen-bond acceptors (Lipinski definition) is 3. The van der Waals surface area contributed by atoms with Crippen molar-refractivity contribution in [2.45, 2.75) is 32.8 Å². The van der Waals surface area contributed by atoms with Crippen LogP contribution in [-0.2, 0) is 4.79 Å². The van der Waals surface area contributed by atoms with Crippen LogP contribution in [0.3, 0.4) is 0 Å². The number of carbonyl (C=O) groups is 2. The van der Waals surface area contributed by atoms with E-state index >= 15 is 0 Å². The number of aliphatic carboxylic acids is 1. The fraction of sp³-hybridized carbons (Fsp3) is 0.500. The van der Waals surface area contributed by atoms with Crippen LogP contribution in [0.2, 0.25) is 0 Å². The average Bonchev–Trinajstić information content (AvgIpc) is 2.49. The van der Waals surface area contributed by atoms with Gasteiger partial charge in [-0.05, 0) is 38.8 Å². The van der Waals surface area contributed by atoms with E-state index in [9.17, 15) is 14.0 Å². The van der Waals surface area contributed by atoms with Gasteiger partial charge in [-0.25, -0.2) is 9.18 Å². The van der Waals surface area contributed by atoms with E-state index in [-0.39, 0.29) is 18.4 Å². The van der Waals surface area contributed by atoms with E-state index in [1.807, 2.05) is 0 Å². The summed E-state index contributed by atoms with van der Waals surface area (Å²) >= 11 is 0. The third kappa shape index (κ3) is 4.58. The fourth-order valence-corrected chi connectivity index (χ4v) is 2.51. The lowest BCUT2D eigenvalue weighted by Gasteiger charge is -2.31. The Morgan fingerprint density at radius 2 is 2.17 bits per heavy atom. The molecule has 0 aromatic heterocycles. The summed E-state index contributed by atoms with van der Waals surface area (Å²) in [5, 5.41) is 11.8. The number of carbonyl (C=O) groups excluding carboxylic acids is 1. The minimum absolute atomic E-state index is 0.168. The molecule has 1 heterocycles. The number of hydrogen-bond donors (Lipinski definition) is 2. The lowest BCUT2D eigenvalue weighted by atomic mass is 9.99. The van der Waals surface area contributed by atoms with E-state index < -0.39 is 23.7 Å². The van der Waals surface area contributed by atoms with E-state index in [2.05, 4.69) is 5.32 Å². The number of rotatable bonds is 4. The fourth-order valence-electron chi connectivity index (χ4n) is 2.51. The Hall–Kier alpha value is -2.31. The summed E-state index contributed by atoms with van der Waals surface area (Å²) in [6.07, 6.45) is 1.04. The van der Waals surface area contributed by atoms with Crippen molar-refractivity contribution in [1.29, 1.82) is 0 Å². The molecule has 2 N–H and O–H groups in total. The number of halogens is 1. The molecule has 2 rings (SSSR count). The van der Waals surface area contributed by atoms with Gasteiger partial charge in [-0.3, -0.25) is 4.79 Å². The largest absolute Gasteiger partial charge is 0.489 e. The van der Waals surface area contributed by atoms with Gasteiger partial charge in [-0.2, -0.15) is 0 Å². The monoisotopic (exact) mass is 324 g/mol. The van der Waals surface area contributed by atoms with Gasteiger partial charge >= 0.3 is 12.0 Å². The molecule has 1 aromatic carbocycles. The number of nitrogens with zero attached hydrogens (tertiary/aromatic N) is 1. The van der Waals surface area contributed by atoms with Crippen molar-refractivity contribution in [3.05, 3.63) is 24.0 Å². The summed E-state index contributed by atoms with van der Waals surface area (Å²) in [6, 6.07) is 3.48. The summed E-state index contributed by atoms with van der Waals surface area (Å²) in [4.78, 5) is 24.9. The van der Waals surface area contributed by atoms with Crippen LogP contribution in [0.4, 0.5) is 14.9 Å². The molecule has 23 heavy (non-hydrogen) atoms. The van der Waals surface area contributed by atoms with E-state index in [0.29, 0.717) is 25.1 Å². The van der Waals surface area contributed by atoms with Gasteiger partial charge in [-0.15, -0.1) is 0 Å². The number of nitrogens with one attached hydrogen (secondary N) is 1. The normalized spacial score (nSPS) is 17.9. The lowest BCUT2D eigenvalue weighted by Crippen LogP contribution is -2.44. The topological polar surface area (TPSA) is 78.9 Å². The summed E-state index contributed by atoms with van der Waals surface area (Å²) < 4.78 is 18.9. The number of likely N-dealkylation sites (tertiary alicyclic amines) is 1. The molecule has 1 aliphatic rings. The van der Waals surface area contributed by atoms with Crippen LogP contribution in [0.1, 0.15) is 26.7 Å². The highest BCUT2D eigenvalue weighted by atomic mass is 19.1. The summed E-state index contributed by atoms with van der Waals surface area (Å²) in [5.74, 6) is -1.65. The molecule has 0 bridgehead atoms. The summed E-state index contributed by atoms with van der Waals surface area (Å²) in [6.45, 7) is 4.27. The van der Waals surface area contributed by atoms with Crippen molar-refractivity contribution in [2.24, 2.45) is 5.92 Å². The second-order valence-electron chi connectivity index (χ2n) is 5.86. The molecule has 126 valence electrons. The number of benzene rings is 1. The van der Waals surface area contributed by atoms with Gasteiger partial charge in [0.2, 0.25) is 0 Å². The molecule has 1 fully saturated rings. The van der Waals surface area contributed by atoms with Gasteiger partial charge in [-0.1, -0.05) is 0 Å². The predicted molar refractivity (Wildman–Crippen MR) is 83.1 cm³/mol. The molecule has 1 unspecified atom stereocenters. The SMILES string of the molecule is CC(C)Oc1cc(F)ccc1NC(=O)N1CCCC(C(=O)O)C1. The third-order valence-electron chi connectivity index (χ3n) is 3.61. The van der Waals surface area contributed by atoms with Crippen LogP contribution in [-0.4, -0.2) is 41.2 Å². The highest BCUT2D eigenvalue weighted by Gasteiger charge is 2.28. The predicted octanol–water partition coefficient (Wildman–Crippen LogP) is 2.94. The molecule has 7 heteroatoms. The van der Waals surface area contributed by atoms with Crippen molar-refractivity contribution >= 4 is 17.7 Å². The molecular formula is C16H21FN2O4. The Morgan fingerprint density at radius 3 is 2.83 bits per heavy atom. The van der Waals surface area contributed by atoms with Crippen LogP contribution in [0, 0.1) is 11.7 Å². The standard InChI is InChI=1S/C16H21FN2O4/c1-10(2)23-14-8-12(17)5-6-13(14)18-16(22)19-7-3-4-11(9-19)15(20)21/h5-6,8,10-11H,3-4,7,9H2,1-2H3,(H,18,22)(H,20,21). The molecule has 0 saturated carbocycles. The molecular weight excluding hydrogens is 303 g/mol. The zero-order chi connectivity index (χ0) is 17.0. The Bertz CT molecular complexity index is 591. The molecule has 1 aliphatic heterocycles. The highest BCUT2D eigenvalue weighted by Crippen LogP contribution is 2.27. The number of anilines is 1. The van der Waals surface area contributed by atoms with E-state index in [4.69, 9.17) is 9.84 Å². The first kappa shape index (κ1) is 17.1. The first-order valence-corrected chi connectivity index (χ1v) is 7.61. The van der Waals surface area contributed by atoms with Crippen molar-refractivity contribution < 1.29 is 23.8 Å². The quantitative estimate of drug-likeness (QED) is 0.892. The second kappa shape index (κ2) is 7.30. The van der Waals surface area contributed by atoms with Gasteiger partial charge < -0.3 is 20.1 Å². The van der Waals surface area contributed by atoms with Crippen LogP contribution >= 0.6 is 0 Å². The minimum Gasteiger partial charge on any atom is -0.489 e. The van der Waals surface area contributed by atoms with Gasteiger partial charge in [0.1, 0.15) is 11.6 Å².